The summed E-state index contributed by atoms with van der Waals surface area (Å²) in [5, 5.41) is 6.27. The average molecular weight is 271 g/mol. The quantitative estimate of drug-likeness (QED) is 0.739. The van der Waals surface area contributed by atoms with Crippen molar-refractivity contribution in [2.45, 2.75) is 13.5 Å². The van der Waals surface area contributed by atoms with E-state index in [9.17, 15) is 4.79 Å². The zero-order chi connectivity index (χ0) is 14.1. The number of hydrogen-bond acceptors (Lipinski definition) is 5. The molecule has 0 saturated heterocycles. The number of nitrogens with one attached hydrogen (secondary N) is 1. The van der Waals surface area contributed by atoms with Crippen LogP contribution in [0.5, 0.6) is 11.6 Å². The van der Waals surface area contributed by atoms with Crippen LogP contribution in [0.3, 0.4) is 0 Å². The molecular weight excluding hydrogens is 258 g/mol. The van der Waals surface area contributed by atoms with Crippen molar-refractivity contribution in [2.24, 2.45) is 5.73 Å². The lowest BCUT2D eigenvalue weighted by Gasteiger charge is -2.06. The minimum atomic E-state index is -0.316. The van der Waals surface area contributed by atoms with Crippen molar-refractivity contribution < 1.29 is 4.74 Å². The van der Waals surface area contributed by atoms with E-state index >= 15 is 0 Å². The summed E-state index contributed by atoms with van der Waals surface area (Å²) in [5.74, 6) is 1.54. The van der Waals surface area contributed by atoms with Crippen LogP contribution >= 0.6 is 0 Å². The molecule has 20 heavy (non-hydrogen) atoms. The summed E-state index contributed by atoms with van der Waals surface area (Å²) in [4.78, 5) is 15.7. The van der Waals surface area contributed by atoms with Gasteiger partial charge < -0.3 is 10.5 Å². The fourth-order valence-electron chi connectivity index (χ4n) is 1.94. The van der Waals surface area contributed by atoms with Crippen molar-refractivity contribution in [3.63, 3.8) is 0 Å². The van der Waals surface area contributed by atoms with E-state index in [0.717, 1.165) is 5.56 Å². The standard InChI is InChI=1S/C13H13N5O2/c1-8-15-12(6-11-16-17-13(19)18(8)11)20-10-4-2-9(7-14)3-5-10/h2-6H,7,14H2,1H3,(H,17,19). The minimum Gasteiger partial charge on any atom is -0.439 e. The van der Waals surface area contributed by atoms with Gasteiger partial charge >= 0.3 is 5.69 Å². The van der Waals surface area contributed by atoms with Crippen LogP contribution in [0.4, 0.5) is 0 Å². The number of hydrogen-bond donors (Lipinski definition) is 2. The smallest absolute Gasteiger partial charge is 0.349 e. The van der Waals surface area contributed by atoms with E-state index in [-0.39, 0.29) is 5.69 Å². The topological polar surface area (TPSA) is 98.3 Å². The van der Waals surface area contributed by atoms with Crippen molar-refractivity contribution in [3.8, 4) is 11.6 Å². The highest BCUT2D eigenvalue weighted by Crippen LogP contribution is 2.20. The molecule has 0 aliphatic carbocycles. The maximum absolute atomic E-state index is 11.5. The van der Waals surface area contributed by atoms with Gasteiger partial charge in [0.05, 0.1) is 0 Å². The first-order valence-corrected chi connectivity index (χ1v) is 6.09. The highest BCUT2D eigenvalue weighted by atomic mass is 16.5. The summed E-state index contributed by atoms with van der Waals surface area (Å²) in [6.45, 7) is 2.20. The zero-order valence-electron chi connectivity index (χ0n) is 10.8. The lowest BCUT2D eigenvalue weighted by molar-refractivity contribution is 0.459. The third kappa shape index (κ3) is 2.14. The van der Waals surface area contributed by atoms with Gasteiger partial charge in [0, 0.05) is 12.6 Å². The lowest BCUT2D eigenvalue weighted by atomic mass is 10.2. The van der Waals surface area contributed by atoms with Gasteiger partial charge in [-0.15, -0.1) is 0 Å². The maximum atomic E-state index is 11.5. The van der Waals surface area contributed by atoms with Crippen LogP contribution in [0, 0.1) is 6.92 Å². The van der Waals surface area contributed by atoms with Crippen LogP contribution in [-0.2, 0) is 6.54 Å². The molecule has 2 heterocycles. The number of aromatic amines is 1. The van der Waals surface area contributed by atoms with E-state index in [2.05, 4.69) is 15.2 Å². The summed E-state index contributed by atoms with van der Waals surface area (Å²) < 4.78 is 7.03. The fraction of sp³-hybridized carbons (Fsp3) is 0.154. The maximum Gasteiger partial charge on any atom is 0.349 e. The molecule has 0 bridgehead atoms. The Morgan fingerprint density at radius 1 is 1.35 bits per heavy atom. The molecule has 1 aromatic carbocycles. The molecule has 0 atom stereocenters. The molecule has 0 radical (unpaired) electrons. The number of ether oxygens (including phenoxy) is 1. The Morgan fingerprint density at radius 2 is 2.10 bits per heavy atom. The van der Waals surface area contributed by atoms with Crippen LogP contribution in [-0.4, -0.2) is 19.6 Å². The predicted molar refractivity (Wildman–Crippen MR) is 72.8 cm³/mol. The molecular formula is C13H13N5O2. The third-order valence-electron chi connectivity index (χ3n) is 2.93. The van der Waals surface area contributed by atoms with Gasteiger partial charge in [-0.2, -0.15) is 10.1 Å². The Morgan fingerprint density at radius 3 is 2.80 bits per heavy atom. The number of nitrogens with zero attached hydrogens (tertiary/aromatic N) is 3. The van der Waals surface area contributed by atoms with Gasteiger partial charge in [-0.1, -0.05) is 12.1 Å². The Bertz CT molecular complexity index is 804. The summed E-state index contributed by atoms with van der Waals surface area (Å²) >= 11 is 0. The number of nitrogens with two attached hydrogens (primary N) is 1. The molecule has 3 aromatic rings. The Labute approximate surface area is 114 Å². The first-order valence-electron chi connectivity index (χ1n) is 6.09. The number of H-pyrrole nitrogens is 1. The largest absolute Gasteiger partial charge is 0.439 e. The Hall–Kier alpha value is -2.67. The second-order valence-corrected chi connectivity index (χ2v) is 4.31. The first kappa shape index (κ1) is 12.4. The first-order chi connectivity index (χ1) is 9.67. The summed E-state index contributed by atoms with van der Waals surface area (Å²) in [6, 6.07) is 9.02. The zero-order valence-corrected chi connectivity index (χ0v) is 10.8. The summed E-state index contributed by atoms with van der Waals surface area (Å²) in [6.07, 6.45) is 0. The van der Waals surface area contributed by atoms with Gasteiger partial charge in [0.25, 0.3) is 0 Å². The molecule has 7 heteroatoms. The normalized spacial score (nSPS) is 10.9. The van der Waals surface area contributed by atoms with E-state index in [1.807, 2.05) is 24.3 Å². The molecule has 2 aromatic heterocycles. The predicted octanol–water partition coefficient (Wildman–Crippen LogP) is 0.977. The summed E-state index contributed by atoms with van der Waals surface area (Å²) in [7, 11) is 0. The van der Waals surface area contributed by atoms with Crippen molar-refractivity contribution >= 4 is 5.65 Å². The number of fused-ring (bicyclic) bond motifs is 1. The number of aromatic nitrogens is 4. The fourth-order valence-corrected chi connectivity index (χ4v) is 1.94. The molecule has 0 unspecified atom stereocenters. The van der Waals surface area contributed by atoms with Crippen molar-refractivity contribution in [2.75, 3.05) is 0 Å². The Balaban J connectivity index is 1.95. The SMILES string of the molecule is Cc1nc(Oc2ccc(CN)cc2)cc2n[nH]c(=O)n12. The molecule has 0 spiro atoms. The van der Waals surface area contributed by atoms with E-state index in [4.69, 9.17) is 10.5 Å². The number of aryl methyl sites for hydroxylation is 1. The van der Waals surface area contributed by atoms with Crippen molar-refractivity contribution in [3.05, 3.63) is 52.2 Å². The van der Waals surface area contributed by atoms with Crippen LogP contribution in [0.1, 0.15) is 11.4 Å². The van der Waals surface area contributed by atoms with E-state index in [0.29, 0.717) is 29.6 Å². The molecule has 0 aliphatic heterocycles. The van der Waals surface area contributed by atoms with Crippen LogP contribution < -0.4 is 16.2 Å². The van der Waals surface area contributed by atoms with Gasteiger partial charge in [-0.3, -0.25) is 0 Å². The lowest BCUT2D eigenvalue weighted by Crippen LogP contribution is -2.13. The summed E-state index contributed by atoms with van der Waals surface area (Å²) in [5.41, 5.74) is 6.72. The van der Waals surface area contributed by atoms with E-state index in [1.54, 1.807) is 13.0 Å². The number of benzene rings is 1. The molecule has 102 valence electrons. The highest BCUT2D eigenvalue weighted by Gasteiger charge is 2.08. The van der Waals surface area contributed by atoms with Crippen molar-refractivity contribution in [1.82, 2.24) is 19.6 Å². The van der Waals surface area contributed by atoms with E-state index in [1.165, 1.54) is 4.40 Å². The van der Waals surface area contributed by atoms with Crippen LogP contribution in [0.15, 0.2) is 35.1 Å². The van der Waals surface area contributed by atoms with Crippen molar-refractivity contribution in [1.29, 1.82) is 0 Å². The molecule has 3 rings (SSSR count). The second-order valence-electron chi connectivity index (χ2n) is 4.31. The second kappa shape index (κ2) is 4.78. The molecule has 7 nitrogen and oxygen atoms in total. The van der Waals surface area contributed by atoms with Gasteiger partial charge in [-0.05, 0) is 24.6 Å². The number of rotatable bonds is 3. The van der Waals surface area contributed by atoms with Crippen LogP contribution in [0.2, 0.25) is 0 Å². The van der Waals surface area contributed by atoms with Crippen LogP contribution in [0.25, 0.3) is 5.65 Å². The van der Waals surface area contributed by atoms with Gasteiger partial charge in [0.15, 0.2) is 5.65 Å². The molecule has 0 aliphatic rings. The third-order valence-corrected chi connectivity index (χ3v) is 2.93. The highest BCUT2D eigenvalue weighted by molar-refractivity contribution is 5.42. The van der Waals surface area contributed by atoms with E-state index < -0.39 is 0 Å². The molecule has 3 N–H and O–H groups in total. The van der Waals surface area contributed by atoms with Gasteiger partial charge in [-0.25, -0.2) is 14.3 Å². The van der Waals surface area contributed by atoms with Gasteiger partial charge in [0.1, 0.15) is 11.6 Å². The molecule has 0 saturated carbocycles. The molecule has 0 fully saturated rings. The average Bonchev–Trinajstić information content (AvgIpc) is 2.81. The monoisotopic (exact) mass is 271 g/mol. The Kier molecular flexibility index (Phi) is 2.96. The minimum absolute atomic E-state index is 0.316. The molecule has 0 amide bonds. The van der Waals surface area contributed by atoms with Gasteiger partial charge in [0.2, 0.25) is 5.88 Å².